The van der Waals surface area contributed by atoms with Crippen LogP contribution in [0.25, 0.3) is 0 Å². The molecule has 124 valence electrons. The van der Waals surface area contributed by atoms with Crippen LogP contribution in [-0.2, 0) is 4.79 Å². The van der Waals surface area contributed by atoms with Crippen molar-refractivity contribution in [2.45, 2.75) is 63.1 Å². The number of halogens is 1. The molecule has 0 spiro atoms. The van der Waals surface area contributed by atoms with E-state index >= 15 is 0 Å². The highest BCUT2D eigenvalue weighted by atomic mass is 35.5. The van der Waals surface area contributed by atoms with Crippen LogP contribution in [0.15, 0.2) is 30.3 Å². The molecule has 0 aromatic heterocycles. The van der Waals surface area contributed by atoms with Crippen molar-refractivity contribution < 1.29 is 9.90 Å². The predicted molar refractivity (Wildman–Crippen MR) is 90.9 cm³/mol. The Morgan fingerprint density at radius 2 is 1.86 bits per heavy atom. The van der Waals surface area contributed by atoms with E-state index in [9.17, 15) is 9.90 Å². The van der Waals surface area contributed by atoms with E-state index in [-0.39, 0.29) is 24.4 Å². The molecule has 1 amide bonds. The summed E-state index contributed by atoms with van der Waals surface area (Å²) in [4.78, 5) is 12.3. The van der Waals surface area contributed by atoms with Gasteiger partial charge in [-0.15, -0.1) is 12.4 Å². The number of hydrogen-bond donors (Lipinski definition) is 3. The third-order valence-corrected chi connectivity index (χ3v) is 4.34. The summed E-state index contributed by atoms with van der Waals surface area (Å²) in [5.41, 5.74) is 6.37. The van der Waals surface area contributed by atoms with E-state index in [1.54, 1.807) is 0 Å². The third kappa shape index (κ3) is 4.97. The molecule has 0 aliphatic heterocycles. The molecule has 0 bridgehead atoms. The summed E-state index contributed by atoms with van der Waals surface area (Å²) in [6.45, 7) is 1.91. The quantitative estimate of drug-likeness (QED) is 0.778. The van der Waals surface area contributed by atoms with Crippen LogP contribution in [-0.4, -0.2) is 22.6 Å². The Kier molecular flexibility index (Phi) is 7.33. The zero-order valence-corrected chi connectivity index (χ0v) is 13.9. The fraction of sp³-hybridized carbons (Fsp3) is 0.588. The van der Waals surface area contributed by atoms with E-state index in [1.165, 1.54) is 0 Å². The highest BCUT2D eigenvalue weighted by Crippen LogP contribution is 2.26. The van der Waals surface area contributed by atoms with E-state index in [4.69, 9.17) is 5.73 Å². The van der Waals surface area contributed by atoms with Crippen LogP contribution in [0.2, 0.25) is 0 Å². The first-order chi connectivity index (χ1) is 10.0. The van der Waals surface area contributed by atoms with Gasteiger partial charge in [0.1, 0.15) is 0 Å². The molecule has 0 saturated heterocycles. The van der Waals surface area contributed by atoms with Gasteiger partial charge in [-0.2, -0.15) is 0 Å². The molecule has 2 rings (SSSR count). The maximum Gasteiger partial charge on any atom is 0.240 e. The van der Waals surface area contributed by atoms with Gasteiger partial charge in [0.15, 0.2) is 0 Å². The number of aliphatic hydroxyl groups excluding tert-OH is 1. The Morgan fingerprint density at radius 3 is 2.45 bits per heavy atom. The molecule has 1 aliphatic carbocycles. The van der Waals surface area contributed by atoms with Gasteiger partial charge in [-0.25, -0.2) is 0 Å². The van der Waals surface area contributed by atoms with Crippen LogP contribution in [0.4, 0.5) is 0 Å². The van der Waals surface area contributed by atoms with Crippen molar-refractivity contribution in [2.24, 2.45) is 5.73 Å². The third-order valence-electron chi connectivity index (χ3n) is 4.34. The second-order valence-electron chi connectivity index (χ2n) is 6.25. The zero-order valence-electron chi connectivity index (χ0n) is 13.1. The van der Waals surface area contributed by atoms with Gasteiger partial charge in [0, 0.05) is 6.04 Å². The van der Waals surface area contributed by atoms with Crippen molar-refractivity contribution in [2.75, 3.05) is 0 Å². The smallest absolute Gasteiger partial charge is 0.240 e. The fourth-order valence-corrected chi connectivity index (χ4v) is 2.98. The van der Waals surface area contributed by atoms with Crippen molar-refractivity contribution in [1.82, 2.24) is 5.32 Å². The number of carbonyl (C=O) groups excluding carboxylic acids is 1. The van der Waals surface area contributed by atoms with Crippen LogP contribution in [0.1, 0.15) is 57.1 Å². The summed E-state index contributed by atoms with van der Waals surface area (Å²) in [6, 6.07) is 9.41. The Hall–Kier alpha value is -1.10. The van der Waals surface area contributed by atoms with Gasteiger partial charge in [0.05, 0.1) is 11.6 Å². The highest BCUT2D eigenvalue weighted by Gasteiger charge is 2.35. The van der Waals surface area contributed by atoms with Crippen LogP contribution in [0.3, 0.4) is 0 Å². The second-order valence-corrected chi connectivity index (χ2v) is 6.25. The molecule has 4 nitrogen and oxygen atoms in total. The van der Waals surface area contributed by atoms with Crippen LogP contribution in [0, 0.1) is 0 Å². The Balaban J connectivity index is 0.00000242. The van der Waals surface area contributed by atoms with Gasteiger partial charge >= 0.3 is 0 Å². The van der Waals surface area contributed by atoms with Gasteiger partial charge in [-0.3, -0.25) is 4.79 Å². The summed E-state index contributed by atoms with van der Waals surface area (Å²) in [5.74, 6) is -0.0741. The molecule has 0 heterocycles. The standard InChI is InChI=1S/C17H26N2O2.ClH/c1-13(12-15(20)14-8-4-2-5-9-14)19-16(21)17(18)10-6-3-7-11-17;/h2,4-5,8-9,13,15,20H,3,6-7,10-12,18H2,1H3,(H,19,21);1H. The summed E-state index contributed by atoms with van der Waals surface area (Å²) < 4.78 is 0. The Labute approximate surface area is 138 Å². The number of benzene rings is 1. The second kappa shape index (κ2) is 8.51. The van der Waals surface area contributed by atoms with E-state index in [1.807, 2.05) is 37.3 Å². The average molecular weight is 327 g/mol. The number of nitrogens with two attached hydrogens (primary N) is 1. The van der Waals surface area contributed by atoms with Gasteiger partial charge in [0.2, 0.25) is 5.91 Å². The number of hydrogen-bond acceptors (Lipinski definition) is 3. The topological polar surface area (TPSA) is 75.3 Å². The number of rotatable bonds is 5. The highest BCUT2D eigenvalue weighted by molar-refractivity contribution is 5.86. The normalized spacial score (nSPS) is 19.6. The van der Waals surface area contributed by atoms with Gasteiger partial charge in [0.25, 0.3) is 0 Å². The molecule has 2 unspecified atom stereocenters. The van der Waals surface area contributed by atoms with Crippen molar-refractivity contribution in [3.05, 3.63) is 35.9 Å². The molecule has 1 aromatic carbocycles. The molecule has 1 aromatic rings. The van der Waals surface area contributed by atoms with E-state index in [0.717, 1.165) is 37.7 Å². The van der Waals surface area contributed by atoms with Gasteiger partial charge in [-0.05, 0) is 31.7 Å². The monoisotopic (exact) mass is 326 g/mol. The minimum absolute atomic E-state index is 0. The summed E-state index contributed by atoms with van der Waals surface area (Å²) in [6.07, 6.45) is 4.64. The number of nitrogens with one attached hydrogen (secondary N) is 1. The van der Waals surface area contributed by atoms with Crippen LogP contribution >= 0.6 is 12.4 Å². The largest absolute Gasteiger partial charge is 0.388 e. The van der Waals surface area contributed by atoms with Crippen molar-refractivity contribution in [3.8, 4) is 0 Å². The molecule has 1 aliphatic rings. The first-order valence-corrected chi connectivity index (χ1v) is 7.84. The first kappa shape index (κ1) is 18.9. The predicted octanol–water partition coefficient (Wildman–Crippen LogP) is 2.70. The minimum atomic E-state index is -0.718. The lowest BCUT2D eigenvalue weighted by atomic mass is 9.81. The summed E-state index contributed by atoms with van der Waals surface area (Å²) in [7, 11) is 0. The zero-order chi connectivity index (χ0) is 15.3. The number of aliphatic hydroxyl groups is 1. The average Bonchev–Trinajstić information content (AvgIpc) is 2.48. The molecule has 22 heavy (non-hydrogen) atoms. The van der Waals surface area contributed by atoms with E-state index in [0.29, 0.717) is 6.42 Å². The Morgan fingerprint density at radius 1 is 1.27 bits per heavy atom. The minimum Gasteiger partial charge on any atom is -0.388 e. The summed E-state index contributed by atoms with van der Waals surface area (Å²) in [5, 5.41) is 13.2. The lowest BCUT2D eigenvalue weighted by molar-refractivity contribution is -0.128. The SMILES string of the molecule is CC(CC(O)c1ccccc1)NC(=O)C1(N)CCCCC1.Cl. The molecule has 0 radical (unpaired) electrons. The number of amides is 1. The lowest BCUT2D eigenvalue weighted by Crippen LogP contribution is -2.56. The van der Waals surface area contributed by atoms with Crippen molar-refractivity contribution in [3.63, 3.8) is 0 Å². The maximum absolute atomic E-state index is 12.3. The van der Waals surface area contributed by atoms with Gasteiger partial charge < -0.3 is 16.2 Å². The van der Waals surface area contributed by atoms with Crippen LogP contribution < -0.4 is 11.1 Å². The molecule has 4 N–H and O–H groups in total. The molecule has 5 heteroatoms. The Bertz CT molecular complexity index is 461. The molecular weight excluding hydrogens is 300 g/mol. The van der Waals surface area contributed by atoms with Crippen molar-refractivity contribution in [1.29, 1.82) is 0 Å². The summed E-state index contributed by atoms with van der Waals surface area (Å²) >= 11 is 0. The van der Waals surface area contributed by atoms with Crippen LogP contribution in [0.5, 0.6) is 0 Å². The fourth-order valence-electron chi connectivity index (χ4n) is 2.98. The van der Waals surface area contributed by atoms with Crippen molar-refractivity contribution >= 4 is 18.3 Å². The van der Waals surface area contributed by atoms with Gasteiger partial charge in [-0.1, -0.05) is 49.6 Å². The molecule has 1 saturated carbocycles. The molecular formula is C17H27ClN2O2. The number of carbonyl (C=O) groups is 1. The first-order valence-electron chi connectivity index (χ1n) is 7.84. The lowest BCUT2D eigenvalue weighted by Gasteiger charge is -2.33. The molecule has 2 atom stereocenters. The van der Waals surface area contributed by atoms with E-state index < -0.39 is 11.6 Å². The maximum atomic E-state index is 12.3. The molecule has 1 fully saturated rings. The van der Waals surface area contributed by atoms with E-state index in [2.05, 4.69) is 5.32 Å².